The molecule has 1 saturated carbocycles. The van der Waals surface area contributed by atoms with Crippen molar-refractivity contribution in [3.8, 4) is 5.75 Å². The maximum Gasteiger partial charge on any atom is 0.246 e. The highest BCUT2D eigenvalue weighted by Crippen LogP contribution is 2.44. The number of fused-ring (bicyclic) bond motifs is 1. The molecule has 2 aliphatic heterocycles. The van der Waals surface area contributed by atoms with Crippen LogP contribution in [0.5, 0.6) is 5.75 Å². The summed E-state index contributed by atoms with van der Waals surface area (Å²) in [6.07, 6.45) is 1.68. The summed E-state index contributed by atoms with van der Waals surface area (Å²) >= 11 is 12.4. The number of amides is 2. The summed E-state index contributed by atoms with van der Waals surface area (Å²) < 4.78 is 0. The lowest BCUT2D eigenvalue weighted by atomic mass is 9.81. The van der Waals surface area contributed by atoms with Crippen molar-refractivity contribution in [2.24, 2.45) is 0 Å². The number of phenols is 1. The number of aliphatic hydroxyl groups is 1. The standard InChI is InChI=1S/C18H20Cl2N2O4/c19-12-1-2-14(24)16(17(12)20)9-3-4-21-13(5-9)18(26)22(8-15(21)25)10-6-11(23)7-10/h1-2,9-11,13,23-24H,3-8H2/t9-,10?,11?,13+/m1/s1. The van der Waals surface area contributed by atoms with Gasteiger partial charge >= 0.3 is 0 Å². The fourth-order valence-corrected chi connectivity index (χ4v) is 4.81. The average Bonchev–Trinajstić information content (AvgIpc) is 2.59. The zero-order chi connectivity index (χ0) is 18.6. The molecule has 3 aliphatic rings. The number of nitrogens with zero attached hydrogens (tertiary/aromatic N) is 2. The number of rotatable bonds is 2. The molecule has 4 rings (SSSR count). The molecular weight excluding hydrogens is 379 g/mol. The Labute approximate surface area is 161 Å². The lowest BCUT2D eigenvalue weighted by Crippen LogP contribution is -2.65. The first-order chi connectivity index (χ1) is 12.4. The second-order valence-corrected chi connectivity index (χ2v) is 8.15. The lowest BCUT2D eigenvalue weighted by molar-refractivity contribution is -0.164. The molecule has 2 heterocycles. The molecular formula is C18H20Cl2N2O4. The maximum absolute atomic E-state index is 13.0. The molecule has 2 atom stereocenters. The highest BCUT2D eigenvalue weighted by Gasteiger charge is 2.47. The molecule has 0 bridgehead atoms. The van der Waals surface area contributed by atoms with E-state index in [0.717, 1.165) is 0 Å². The quantitative estimate of drug-likeness (QED) is 0.799. The van der Waals surface area contributed by atoms with Crippen LogP contribution in [0, 0.1) is 0 Å². The monoisotopic (exact) mass is 398 g/mol. The van der Waals surface area contributed by atoms with Gasteiger partial charge in [-0.1, -0.05) is 23.2 Å². The Kier molecular flexibility index (Phi) is 4.53. The van der Waals surface area contributed by atoms with Gasteiger partial charge in [-0.25, -0.2) is 0 Å². The first-order valence-corrected chi connectivity index (χ1v) is 9.57. The van der Waals surface area contributed by atoms with E-state index in [-0.39, 0.29) is 42.2 Å². The van der Waals surface area contributed by atoms with E-state index in [4.69, 9.17) is 23.2 Å². The van der Waals surface area contributed by atoms with E-state index in [1.165, 1.54) is 12.1 Å². The smallest absolute Gasteiger partial charge is 0.246 e. The first kappa shape index (κ1) is 17.9. The van der Waals surface area contributed by atoms with Gasteiger partial charge < -0.3 is 20.0 Å². The van der Waals surface area contributed by atoms with Gasteiger partial charge in [-0.3, -0.25) is 9.59 Å². The topological polar surface area (TPSA) is 81.1 Å². The van der Waals surface area contributed by atoms with Crippen molar-refractivity contribution in [3.63, 3.8) is 0 Å². The number of carbonyl (C=O) groups excluding carboxylic acids is 2. The van der Waals surface area contributed by atoms with Crippen LogP contribution in [0.25, 0.3) is 0 Å². The van der Waals surface area contributed by atoms with Crippen LogP contribution < -0.4 is 0 Å². The number of hydrogen-bond donors (Lipinski definition) is 2. The molecule has 0 unspecified atom stereocenters. The van der Waals surface area contributed by atoms with E-state index in [0.29, 0.717) is 47.8 Å². The predicted molar refractivity (Wildman–Crippen MR) is 96.3 cm³/mol. The molecule has 3 fully saturated rings. The van der Waals surface area contributed by atoms with Crippen LogP contribution in [0.2, 0.25) is 10.0 Å². The second-order valence-electron chi connectivity index (χ2n) is 7.36. The van der Waals surface area contributed by atoms with Gasteiger partial charge in [0.2, 0.25) is 11.8 Å². The number of benzene rings is 1. The number of aliphatic hydroxyl groups excluding tert-OH is 1. The van der Waals surface area contributed by atoms with Crippen molar-refractivity contribution in [1.29, 1.82) is 0 Å². The molecule has 26 heavy (non-hydrogen) atoms. The van der Waals surface area contributed by atoms with E-state index in [1.807, 2.05) is 0 Å². The number of hydrogen-bond acceptors (Lipinski definition) is 4. The van der Waals surface area contributed by atoms with E-state index in [2.05, 4.69) is 0 Å². The van der Waals surface area contributed by atoms with Crippen molar-refractivity contribution in [1.82, 2.24) is 9.80 Å². The molecule has 1 aromatic carbocycles. The summed E-state index contributed by atoms with van der Waals surface area (Å²) in [7, 11) is 0. The molecule has 2 N–H and O–H groups in total. The van der Waals surface area contributed by atoms with Gasteiger partial charge in [-0.15, -0.1) is 0 Å². The molecule has 140 valence electrons. The van der Waals surface area contributed by atoms with Crippen molar-refractivity contribution < 1.29 is 19.8 Å². The van der Waals surface area contributed by atoms with Gasteiger partial charge in [0, 0.05) is 18.2 Å². The highest BCUT2D eigenvalue weighted by molar-refractivity contribution is 6.42. The molecule has 1 aromatic rings. The number of halogens is 2. The van der Waals surface area contributed by atoms with Crippen LogP contribution >= 0.6 is 23.2 Å². The third-order valence-corrected chi connectivity index (χ3v) is 6.66. The number of aromatic hydroxyl groups is 1. The number of piperidine rings is 1. The zero-order valence-electron chi connectivity index (χ0n) is 14.1. The first-order valence-electron chi connectivity index (χ1n) is 8.81. The molecule has 6 nitrogen and oxygen atoms in total. The van der Waals surface area contributed by atoms with E-state index in [9.17, 15) is 19.8 Å². The summed E-state index contributed by atoms with van der Waals surface area (Å²) in [6.45, 7) is 0.532. The molecule has 0 radical (unpaired) electrons. The zero-order valence-corrected chi connectivity index (χ0v) is 15.6. The molecule has 2 saturated heterocycles. The fourth-order valence-electron chi connectivity index (χ4n) is 4.33. The Bertz CT molecular complexity index is 766. The minimum Gasteiger partial charge on any atom is -0.508 e. The van der Waals surface area contributed by atoms with Crippen LogP contribution in [0.4, 0.5) is 0 Å². The summed E-state index contributed by atoms with van der Waals surface area (Å²) in [6, 6.07) is 2.43. The van der Waals surface area contributed by atoms with Crippen LogP contribution in [0.15, 0.2) is 12.1 Å². The Morgan fingerprint density at radius 1 is 1.08 bits per heavy atom. The Hall–Kier alpha value is -1.50. The highest BCUT2D eigenvalue weighted by atomic mass is 35.5. The fraction of sp³-hybridized carbons (Fsp3) is 0.556. The number of piperazine rings is 1. The molecule has 8 heteroatoms. The van der Waals surface area contributed by atoms with Gasteiger partial charge in [0.25, 0.3) is 0 Å². The minimum atomic E-state index is -0.554. The van der Waals surface area contributed by atoms with Gasteiger partial charge in [0.1, 0.15) is 18.3 Å². The van der Waals surface area contributed by atoms with Crippen molar-refractivity contribution in [2.75, 3.05) is 13.1 Å². The van der Waals surface area contributed by atoms with Crippen LogP contribution in [0.3, 0.4) is 0 Å². The Balaban J connectivity index is 1.59. The van der Waals surface area contributed by atoms with Gasteiger partial charge in [-0.2, -0.15) is 0 Å². The summed E-state index contributed by atoms with van der Waals surface area (Å²) in [4.78, 5) is 28.8. The van der Waals surface area contributed by atoms with E-state index < -0.39 is 6.04 Å². The van der Waals surface area contributed by atoms with Gasteiger partial charge in [0.15, 0.2) is 0 Å². The van der Waals surface area contributed by atoms with Crippen LogP contribution in [-0.4, -0.2) is 63.1 Å². The Morgan fingerprint density at radius 2 is 1.81 bits per heavy atom. The van der Waals surface area contributed by atoms with Crippen LogP contribution in [0.1, 0.15) is 37.2 Å². The average molecular weight is 399 g/mol. The largest absolute Gasteiger partial charge is 0.508 e. The van der Waals surface area contributed by atoms with Gasteiger partial charge in [-0.05, 0) is 43.7 Å². The molecule has 2 amide bonds. The minimum absolute atomic E-state index is 0.0594. The summed E-state index contributed by atoms with van der Waals surface area (Å²) in [5.41, 5.74) is 0.551. The molecule has 1 aliphatic carbocycles. The third-order valence-electron chi connectivity index (χ3n) is 5.84. The van der Waals surface area contributed by atoms with E-state index in [1.54, 1.807) is 9.80 Å². The maximum atomic E-state index is 13.0. The molecule has 0 aromatic heterocycles. The van der Waals surface area contributed by atoms with Gasteiger partial charge in [0.05, 0.1) is 16.1 Å². The van der Waals surface area contributed by atoms with Crippen LogP contribution in [-0.2, 0) is 9.59 Å². The SMILES string of the molecule is O=C1[C@@H]2C[C@H](c3c(O)ccc(Cl)c3Cl)CCN2C(=O)CN1C1CC(O)C1. The Morgan fingerprint density at radius 3 is 2.50 bits per heavy atom. The predicted octanol–water partition coefficient (Wildman–Crippen LogP) is 2.14. The second kappa shape index (κ2) is 6.59. The van der Waals surface area contributed by atoms with E-state index >= 15 is 0 Å². The normalized spacial score (nSPS) is 31.7. The van der Waals surface area contributed by atoms with Crippen molar-refractivity contribution >= 4 is 35.0 Å². The summed E-state index contributed by atoms with van der Waals surface area (Å²) in [5, 5.41) is 20.4. The van der Waals surface area contributed by atoms with Crippen molar-refractivity contribution in [3.05, 3.63) is 27.7 Å². The number of phenolic OH excluding ortho intramolecular Hbond substituents is 1. The summed E-state index contributed by atoms with van der Waals surface area (Å²) in [5.74, 6) is -0.225. The molecule has 0 spiro atoms. The van der Waals surface area contributed by atoms with Crippen molar-refractivity contribution in [2.45, 2.75) is 49.8 Å². The number of carbonyl (C=O) groups is 2. The third kappa shape index (κ3) is 2.84. The lowest BCUT2D eigenvalue weighted by Gasteiger charge is -2.49.